The zero-order valence-electron chi connectivity index (χ0n) is 10.3. The Hall–Kier alpha value is -1.44. The van der Waals surface area contributed by atoms with Crippen molar-refractivity contribution in [2.24, 2.45) is 0 Å². The maximum absolute atomic E-state index is 11.7. The summed E-state index contributed by atoms with van der Waals surface area (Å²) >= 11 is 0. The van der Waals surface area contributed by atoms with Crippen LogP contribution in [-0.2, 0) is 4.74 Å². The molecule has 9 heteroatoms. The fourth-order valence-corrected chi connectivity index (χ4v) is 4.71. The number of aliphatic hydroxyl groups is 3. The number of aromatic nitrogens is 2. The average Bonchev–Trinajstić information content (AvgIpc) is 2.93. The molecule has 108 valence electrons. The summed E-state index contributed by atoms with van der Waals surface area (Å²) < 4.78 is 5.49. The number of nitrogen functional groups attached to an aromatic ring is 1. The van der Waals surface area contributed by atoms with Crippen LogP contribution in [0.15, 0.2) is 16.7 Å². The van der Waals surface area contributed by atoms with Crippen molar-refractivity contribution in [1.82, 2.24) is 9.97 Å². The summed E-state index contributed by atoms with van der Waals surface area (Å²) in [5.41, 5.74) is 5.18. The minimum atomic E-state index is -1.23. The first-order valence-corrected chi connectivity index (χ1v) is 7.49. The van der Waals surface area contributed by atoms with E-state index in [1.54, 1.807) is 11.9 Å². The zero-order valence-corrected chi connectivity index (χ0v) is 11.2. The van der Waals surface area contributed by atoms with E-state index in [0.717, 1.165) is 0 Å². The Morgan fingerprint density at radius 3 is 2.85 bits per heavy atom. The van der Waals surface area contributed by atoms with E-state index < -0.39 is 31.7 Å². The second kappa shape index (κ2) is 4.83. The van der Waals surface area contributed by atoms with Gasteiger partial charge in [0.1, 0.15) is 29.4 Å². The van der Waals surface area contributed by atoms with Crippen molar-refractivity contribution >= 4 is 24.1 Å². The number of nitrogens with one attached hydrogen (secondary N) is 1. The van der Waals surface area contributed by atoms with Crippen LogP contribution in [0, 0.1) is 0 Å². The molecule has 20 heavy (non-hydrogen) atoms. The number of hydrogen-bond acceptors (Lipinski definition) is 7. The van der Waals surface area contributed by atoms with Crippen molar-refractivity contribution in [2.45, 2.75) is 24.2 Å². The molecule has 0 radical (unpaired) electrons. The van der Waals surface area contributed by atoms with E-state index in [0.29, 0.717) is 10.6 Å². The second-order valence-electron chi connectivity index (χ2n) is 4.64. The monoisotopic (exact) mass is 299 g/mol. The first-order valence-electron chi connectivity index (χ1n) is 6.01. The van der Waals surface area contributed by atoms with Gasteiger partial charge in [0.25, 0.3) is 5.56 Å². The number of aromatic amines is 1. The molecule has 1 saturated heterocycles. The van der Waals surface area contributed by atoms with Gasteiger partial charge in [0.2, 0.25) is 5.95 Å². The van der Waals surface area contributed by atoms with Crippen LogP contribution >= 0.6 is 7.53 Å². The minimum Gasteiger partial charge on any atom is -0.394 e. The normalized spacial score (nSPS) is 31.1. The van der Waals surface area contributed by atoms with Crippen LogP contribution in [0.1, 0.15) is 5.85 Å². The van der Waals surface area contributed by atoms with Crippen molar-refractivity contribution in [3.63, 3.8) is 0 Å². The number of ether oxygens (including phenoxy) is 1. The maximum Gasteiger partial charge on any atom is 0.260 e. The van der Waals surface area contributed by atoms with Crippen LogP contribution < -0.4 is 11.3 Å². The van der Waals surface area contributed by atoms with Crippen molar-refractivity contribution in [3.05, 3.63) is 22.2 Å². The Bertz CT molecular complexity index is 699. The molecule has 2 aromatic rings. The van der Waals surface area contributed by atoms with Gasteiger partial charge in [-0.15, -0.1) is 0 Å². The Kier molecular flexibility index (Phi) is 3.27. The van der Waals surface area contributed by atoms with Gasteiger partial charge >= 0.3 is 0 Å². The first-order chi connectivity index (χ1) is 9.52. The molecular weight excluding hydrogens is 285 g/mol. The largest absolute Gasteiger partial charge is 0.394 e. The van der Waals surface area contributed by atoms with Gasteiger partial charge in [-0.3, -0.25) is 9.78 Å². The fraction of sp³-hybridized carbons (Fsp3) is 0.455. The van der Waals surface area contributed by atoms with E-state index in [1.165, 1.54) is 0 Å². The van der Waals surface area contributed by atoms with Gasteiger partial charge in [0.05, 0.1) is 12.0 Å². The number of nitrogens with zero attached hydrogens (tertiary/aromatic N) is 1. The first kappa shape index (κ1) is 13.5. The molecule has 3 heterocycles. The molecule has 0 spiro atoms. The van der Waals surface area contributed by atoms with E-state index >= 15 is 0 Å². The highest BCUT2D eigenvalue weighted by Crippen LogP contribution is 2.52. The van der Waals surface area contributed by atoms with E-state index in [2.05, 4.69) is 9.97 Å². The number of rotatable bonds is 2. The predicted molar refractivity (Wildman–Crippen MR) is 72.5 cm³/mol. The zero-order chi connectivity index (χ0) is 14.4. The third-order valence-corrected chi connectivity index (χ3v) is 5.67. The van der Waals surface area contributed by atoms with Crippen molar-refractivity contribution in [2.75, 3.05) is 12.3 Å². The molecule has 6 N–H and O–H groups in total. The number of anilines is 1. The molecule has 0 bridgehead atoms. The summed E-state index contributed by atoms with van der Waals surface area (Å²) in [5.74, 6) is 1.02. The molecule has 1 aliphatic heterocycles. The number of H-pyrrole nitrogens is 1. The van der Waals surface area contributed by atoms with Crippen molar-refractivity contribution in [3.8, 4) is 0 Å². The molecule has 0 amide bonds. The van der Waals surface area contributed by atoms with Crippen molar-refractivity contribution in [1.29, 1.82) is 0 Å². The summed E-state index contributed by atoms with van der Waals surface area (Å²) in [6, 6.07) is 1.61. The SMILES string of the molecule is Nc1nc2c(ccp2C2OC(CO)C(O)C2O)c(=O)[nH]1. The molecule has 5 unspecified atom stereocenters. The topological polar surface area (TPSA) is 142 Å². The van der Waals surface area contributed by atoms with Crippen LogP contribution in [0.5, 0.6) is 0 Å². The van der Waals surface area contributed by atoms with E-state index in [9.17, 15) is 15.0 Å². The molecule has 1 fully saturated rings. The van der Waals surface area contributed by atoms with Gasteiger partial charge in [-0.2, -0.15) is 0 Å². The van der Waals surface area contributed by atoms with E-state index in [1.807, 2.05) is 0 Å². The Morgan fingerprint density at radius 2 is 2.20 bits per heavy atom. The quantitative estimate of drug-likeness (QED) is 0.484. The molecule has 2 aromatic heterocycles. The molecule has 0 saturated carbocycles. The van der Waals surface area contributed by atoms with E-state index in [4.69, 9.17) is 15.6 Å². The lowest BCUT2D eigenvalue weighted by Crippen LogP contribution is -2.32. The van der Waals surface area contributed by atoms with Crippen LogP contribution in [0.4, 0.5) is 5.95 Å². The fourth-order valence-electron chi connectivity index (χ4n) is 2.38. The average molecular weight is 299 g/mol. The summed E-state index contributed by atoms with van der Waals surface area (Å²) in [6.07, 6.45) is -3.14. The third-order valence-electron chi connectivity index (χ3n) is 3.39. The number of hydrogen-bond donors (Lipinski definition) is 5. The lowest BCUT2D eigenvalue weighted by atomic mass is 10.2. The minimum absolute atomic E-state index is 0.00306. The number of aliphatic hydroxyl groups excluding tert-OH is 3. The van der Waals surface area contributed by atoms with Gasteiger partial charge in [0.15, 0.2) is 0 Å². The molecule has 0 aromatic carbocycles. The Balaban J connectivity index is 2.09. The van der Waals surface area contributed by atoms with Gasteiger partial charge in [0, 0.05) is 0 Å². The Morgan fingerprint density at radius 1 is 1.45 bits per heavy atom. The standard InChI is InChI=1S/C11H14N3O5P/c12-11-13-8(18)4-1-2-20(9(4)14-11)10-7(17)6(16)5(3-15)19-10/h1-2,5-7,10,15-17H,3H2,(H3,12,13,14,18). The third kappa shape index (κ3) is 1.93. The van der Waals surface area contributed by atoms with Crippen LogP contribution in [0.2, 0.25) is 0 Å². The van der Waals surface area contributed by atoms with Gasteiger partial charge < -0.3 is 25.8 Å². The van der Waals surface area contributed by atoms with Crippen LogP contribution in [0.25, 0.3) is 10.6 Å². The smallest absolute Gasteiger partial charge is 0.260 e. The molecule has 3 rings (SSSR count). The summed E-state index contributed by atoms with van der Waals surface area (Å²) in [7, 11) is -1.23. The molecular formula is C11H14N3O5P. The molecule has 1 aliphatic rings. The van der Waals surface area contributed by atoms with E-state index in [-0.39, 0.29) is 18.1 Å². The Labute approximate surface area is 113 Å². The van der Waals surface area contributed by atoms with Gasteiger partial charge in [-0.25, -0.2) is 4.98 Å². The molecule has 5 atom stereocenters. The van der Waals surface area contributed by atoms with Crippen LogP contribution in [-0.4, -0.2) is 50.2 Å². The summed E-state index contributed by atoms with van der Waals surface area (Å²) in [5, 5.41) is 29.8. The summed E-state index contributed by atoms with van der Waals surface area (Å²) in [6.45, 7) is -0.389. The highest BCUT2D eigenvalue weighted by molar-refractivity contribution is 7.55. The highest BCUT2D eigenvalue weighted by Gasteiger charge is 2.43. The lowest BCUT2D eigenvalue weighted by Gasteiger charge is -2.14. The second-order valence-corrected chi connectivity index (χ2v) is 6.69. The van der Waals surface area contributed by atoms with Gasteiger partial charge in [-0.05, 0) is 11.9 Å². The lowest BCUT2D eigenvalue weighted by molar-refractivity contribution is -0.0124. The van der Waals surface area contributed by atoms with Crippen LogP contribution in [0.3, 0.4) is 0 Å². The van der Waals surface area contributed by atoms with Gasteiger partial charge in [-0.1, -0.05) is 7.53 Å². The number of fused-ring (bicyclic) bond motifs is 1. The highest BCUT2D eigenvalue weighted by atomic mass is 31.1. The predicted octanol–water partition coefficient (Wildman–Crippen LogP) is -0.897. The number of nitrogens with two attached hydrogens (primary N) is 1. The summed E-state index contributed by atoms with van der Waals surface area (Å²) in [4.78, 5) is 18.3. The van der Waals surface area contributed by atoms with Crippen molar-refractivity contribution < 1.29 is 20.1 Å². The molecule has 0 aliphatic carbocycles. The molecule has 8 nitrogen and oxygen atoms in total. The maximum atomic E-state index is 11.7.